The molecule has 0 heterocycles. The maximum absolute atomic E-state index is 9.01. The Labute approximate surface area is 92.3 Å². The molecule has 0 fully saturated rings. The molecule has 2 nitrogen and oxygen atoms in total. The number of nitrogens with one attached hydrogen (secondary N) is 1. The molecule has 2 N–H and O–H groups in total. The predicted octanol–water partition coefficient (Wildman–Crippen LogP) is 2.42. The minimum atomic E-state index is 0.149. The van der Waals surface area contributed by atoms with Gasteiger partial charge >= 0.3 is 0 Å². The first-order valence-corrected chi connectivity index (χ1v) is 5.60. The largest absolute Gasteiger partial charge is 0.395 e. The molecule has 1 aromatic rings. The fraction of sp³-hybridized carbons (Fsp3) is 0.538. The molecule has 0 aliphatic rings. The number of benzene rings is 1. The molecule has 1 aromatic carbocycles. The Morgan fingerprint density at radius 1 is 1.27 bits per heavy atom. The third kappa shape index (κ3) is 3.65. The van der Waals surface area contributed by atoms with Crippen LogP contribution in [0.15, 0.2) is 24.3 Å². The van der Waals surface area contributed by atoms with Gasteiger partial charge in [-0.3, -0.25) is 0 Å². The van der Waals surface area contributed by atoms with Gasteiger partial charge in [0.25, 0.3) is 0 Å². The Morgan fingerprint density at radius 3 is 2.33 bits per heavy atom. The lowest BCUT2D eigenvalue weighted by molar-refractivity contribution is 0.239. The van der Waals surface area contributed by atoms with Gasteiger partial charge in [-0.25, -0.2) is 0 Å². The first-order chi connectivity index (χ1) is 7.17. The van der Waals surface area contributed by atoms with E-state index in [-0.39, 0.29) is 12.6 Å². The maximum atomic E-state index is 9.01. The second-order valence-corrected chi connectivity index (χ2v) is 4.12. The van der Waals surface area contributed by atoms with E-state index in [9.17, 15) is 0 Å². The highest BCUT2D eigenvalue weighted by Crippen LogP contribution is 2.17. The summed E-state index contributed by atoms with van der Waals surface area (Å²) in [5.74, 6) is 0. The molecular weight excluding hydrogens is 186 g/mol. The van der Waals surface area contributed by atoms with Crippen LogP contribution >= 0.6 is 0 Å². The summed E-state index contributed by atoms with van der Waals surface area (Å²) in [6.45, 7) is 6.43. The topological polar surface area (TPSA) is 32.3 Å². The van der Waals surface area contributed by atoms with Crippen LogP contribution in [0.4, 0.5) is 0 Å². The van der Waals surface area contributed by atoms with Gasteiger partial charge in [-0.15, -0.1) is 0 Å². The lowest BCUT2D eigenvalue weighted by Gasteiger charge is -2.21. The van der Waals surface area contributed by atoms with Gasteiger partial charge in [-0.2, -0.15) is 0 Å². The standard InChI is InChI=1S/C13H21NO/c1-4-13(14-11(3)9-15)12-7-5-10(2)6-8-12/h5-8,11,13-15H,4,9H2,1-3H3/t11-,13?/m1/s1. The van der Waals surface area contributed by atoms with Crippen LogP contribution in [0.3, 0.4) is 0 Å². The van der Waals surface area contributed by atoms with Crippen molar-refractivity contribution in [1.82, 2.24) is 5.32 Å². The van der Waals surface area contributed by atoms with Crippen molar-refractivity contribution in [2.75, 3.05) is 6.61 Å². The molecule has 0 spiro atoms. The van der Waals surface area contributed by atoms with E-state index in [1.807, 2.05) is 6.92 Å². The molecule has 0 aliphatic carbocycles. The summed E-state index contributed by atoms with van der Waals surface area (Å²) in [4.78, 5) is 0. The Kier molecular flexibility index (Phi) is 4.79. The molecule has 0 aromatic heterocycles. The van der Waals surface area contributed by atoms with E-state index >= 15 is 0 Å². The van der Waals surface area contributed by atoms with Crippen LogP contribution in [0.1, 0.15) is 37.4 Å². The zero-order valence-electron chi connectivity index (χ0n) is 9.83. The molecule has 15 heavy (non-hydrogen) atoms. The first-order valence-electron chi connectivity index (χ1n) is 5.60. The molecule has 84 valence electrons. The van der Waals surface area contributed by atoms with E-state index in [4.69, 9.17) is 5.11 Å². The minimum absolute atomic E-state index is 0.149. The van der Waals surface area contributed by atoms with Crippen LogP contribution in [0.25, 0.3) is 0 Å². The van der Waals surface area contributed by atoms with Crippen molar-refractivity contribution < 1.29 is 5.11 Å². The van der Waals surface area contributed by atoms with E-state index < -0.39 is 0 Å². The number of hydrogen-bond acceptors (Lipinski definition) is 2. The predicted molar refractivity (Wildman–Crippen MR) is 63.9 cm³/mol. The highest BCUT2D eigenvalue weighted by molar-refractivity contribution is 5.24. The molecule has 1 rings (SSSR count). The SMILES string of the molecule is CCC(N[C@H](C)CO)c1ccc(C)cc1. The second kappa shape index (κ2) is 5.89. The van der Waals surface area contributed by atoms with E-state index in [1.165, 1.54) is 11.1 Å². The van der Waals surface area contributed by atoms with Crippen LogP contribution in [0.2, 0.25) is 0 Å². The molecule has 0 saturated heterocycles. The monoisotopic (exact) mass is 207 g/mol. The second-order valence-electron chi connectivity index (χ2n) is 4.12. The van der Waals surface area contributed by atoms with Crippen LogP contribution in [-0.4, -0.2) is 17.8 Å². The molecule has 0 aliphatic heterocycles. The van der Waals surface area contributed by atoms with E-state index in [1.54, 1.807) is 0 Å². The number of rotatable bonds is 5. The van der Waals surface area contributed by atoms with Crippen LogP contribution in [0.5, 0.6) is 0 Å². The van der Waals surface area contributed by atoms with E-state index in [0.717, 1.165) is 6.42 Å². The molecule has 0 saturated carbocycles. The molecule has 0 radical (unpaired) electrons. The van der Waals surface area contributed by atoms with Crippen molar-refractivity contribution in [3.05, 3.63) is 35.4 Å². The van der Waals surface area contributed by atoms with Gasteiger partial charge < -0.3 is 10.4 Å². The van der Waals surface area contributed by atoms with Gasteiger partial charge in [0.1, 0.15) is 0 Å². The van der Waals surface area contributed by atoms with Crippen LogP contribution in [-0.2, 0) is 0 Å². The summed E-state index contributed by atoms with van der Waals surface area (Å²) in [5.41, 5.74) is 2.58. The Hall–Kier alpha value is -0.860. The van der Waals surface area contributed by atoms with Gasteiger partial charge in [0, 0.05) is 12.1 Å². The zero-order valence-corrected chi connectivity index (χ0v) is 9.83. The average molecular weight is 207 g/mol. The summed E-state index contributed by atoms with van der Waals surface area (Å²) in [5, 5.41) is 12.4. The number of hydrogen-bond donors (Lipinski definition) is 2. The Balaban J connectivity index is 2.69. The highest BCUT2D eigenvalue weighted by atomic mass is 16.3. The minimum Gasteiger partial charge on any atom is -0.395 e. The molecule has 0 amide bonds. The van der Waals surface area contributed by atoms with Gasteiger partial charge in [-0.1, -0.05) is 36.8 Å². The Morgan fingerprint density at radius 2 is 1.87 bits per heavy atom. The maximum Gasteiger partial charge on any atom is 0.0582 e. The lowest BCUT2D eigenvalue weighted by atomic mass is 10.0. The van der Waals surface area contributed by atoms with Crippen LogP contribution < -0.4 is 5.32 Å². The van der Waals surface area contributed by atoms with Gasteiger partial charge in [-0.05, 0) is 25.8 Å². The number of aryl methyl sites for hydroxylation is 1. The van der Waals surface area contributed by atoms with Crippen molar-refractivity contribution in [1.29, 1.82) is 0 Å². The fourth-order valence-electron chi connectivity index (χ4n) is 1.64. The smallest absolute Gasteiger partial charge is 0.0582 e. The van der Waals surface area contributed by atoms with Crippen molar-refractivity contribution in [2.24, 2.45) is 0 Å². The van der Waals surface area contributed by atoms with E-state index in [2.05, 4.69) is 43.4 Å². The van der Waals surface area contributed by atoms with Crippen molar-refractivity contribution in [3.63, 3.8) is 0 Å². The zero-order chi connectivity index (χ0) is 11.3. The number of aliphatic hydroxyl groups excluding tert-OH is 1. The van der Waals surface area contributed by atoms with Crippen molar-refractivity contribution in [2.45, 2.75) is 39.3 Å². The highest BCUT2D eigenvalue weighted by Gasteiger charge is 2.11. The van der Waals surface area contributed by atoms with Crippen LogP contribution in [0, 0.1) is 6.92 Å². The van der Waals surface area contributed by atoms with Gasteiger partial charge in [0.15, 0.2) is 0 Å². The van der Waals surface area contributed by atoms with Gasteiger partial charge in [0.2, 0.25) is 0 Å². The third-order valence-electron chi connectivity index (χ3n) is 2.65. The third-order valence-corrected chi connectivity index (χ3v) is 2.65. The summed E-state index contributed by atoms with van der Waals surface area (Å²) in [6, 6.07) is 9.05. The molecule has 0 bridgehead atoms. The fourth-order valence-corrected chi connectivity index (χ4v) is 1.64. The number of aliphatic hydroxyl groups is 1. The van der Waals surface area contributed by atoms with Crippen molar-refractivity contribution >= 4 is 0 Å². The summed E-state index contributed by atoms with van der Waals surface area (Å²) in [6.07, 6.45) is 1.04. The lowest BCUT2D eigenvalue weighted by Crippen LogP contribution is -2.32. The quantitative estimate of drug-likeness (QED) is 0.777. The average Bonchev–Trinajstić information content (AvgIpc) is 2.27. The van der Waals surface area contributed by atoms with E-state index in [0.29, 0.717) is 6.04 Å². The molecule has 2 atom stereocenters. The summed E-state index contributed by atoms with van der Waals surface area (Å²) >= 11 is 0. The Bertz CT molecular complexity index is 281. The normalized spacial score (nSPS) is 14.9. The van der Waals surface area contributed by atoms with Gasteiger partial charge in [0.05, 0.1) is 6.61 Å². The summed E-state index contributed by atoms with van der Waals surface area (Å²) in [7, 11) is 0. The molecule has 1 unspecified atom stereocenters. The summed E-state index contributed by atoms with van der Waals surface area (Å²) < 4.78 is 0. The molecular formula is C13H21NO. The molecule has 2 heteroatoms. The first kappa shape index (κ1) is 12.2. The van der Waals surface area contributed by atoms with Crippen molar-refractivity contribution in [3.8, 4) is 0 Å².